The Morgan fingerprint density at radius 1 is 1.42 bits per heavy atom. The lowest BCUT2D eigenvalue weighted by Crippen LogP contribution is -2.38. The van der Waals surface area contributed by atoms with Crippen LogP contribution in [0.2, 0.25) is 5.02 Å². The molecule has 0 bridgehead atoms. The number of nitrogens with one attached hydrogen (secondary N) is 1. The van der Waals surface area contributed by atoms with E-state index in [4.69, 9.17) is 22.1 Å². The molecule has 1 aliphatic rings. The molecule has 6 nitrogen and oxygen atoms in total. The average Bonchev–Trinajstić information content (AvgIpc) is 2.56. The van der Waals surface area contributed by atoms with Crippen molar-refractivity contribution >= 4 is 29.0 Å². The molecule has 26 heavy (non-hydrogen) atoms. The fourth-order valence-electron chi connectivity index (χ4n) is 2.86. The minimum atomic E-state index is -0.957. The number of hydrogen-bond donors (Lipinski definition) is 2. The van der Waals surface area contributed by atoms with Gasteiger partial charge in [-0.25, -0.2) is 9.37 Å². The Kier molecular flexibility index (Phi) is 4.93. The summed E-state index contributed by atoms with van der Waals surface area (Å²) in [5.74, 6) is -0.563. The predicted octanol–water partition coefficient (Wildman–Crippen LogP) is 3.04. The van der Waals surface area contributed by atoms with E-state index in [2.05, 4.69) is 15.3 Å². The summed E-state index contributed by atoms with van der Waals surface area (Å²) < 4.78 is 19.8. The molecular weight excluding hydrogens is 359 g/mol. The highest BCUT2D eigenvalue weighted by Crippen LogP contribution is 2.32. The van der Waals surface area contributed by atoms with Crippen LogP contribution in [0, 0.1) is 12.7 Å². The summed E-state index contributed by atoms with van der Waals surface area (Å²) in [5, 5.41) is 3.17. The Hall–Kier alpha value is -2.51. The van der Waals surface area contributed by atoms with Crippen molar-refractivity contribution in [2.24, 2.45) is 10.7 Å². The molecule has 136 valence electrons. The maximum absolute atomic E-state index is 14.4. The summed E-state index contributed by atoms with van der Waals surface area (Å²) in [5.41, 5.74) is 6.37. The fourth-order valence-corrected chi connectivity index (χ4v) is 3.07. The van der Waals surface area contributed by atoms with Crippen molar-refractivity contribution in [3.8, 4) is 0 Å². The molecule has 1 unspecified atom stereocenters. The second-order valence-corrected chi connectivity index (χ2v) is 6.77. The Bertz CT molecular complexity index is 903. The molecule has 0 radical (unpaired) electrons. The van der Waals surface area contributed by atoms with Gasteiger partial charge in [-0.1, -0.05) is 11.6 Å². The van der Waals surface area contributed by atoms with Gasteiger partial charge in [0.1, 0.15) is 29.5 Å². The number of benzene rings is 1. The van der Waals surface area contributed by atoms with Gasteiger partial charge in [-0.2, -0.15) is 0 Å². The Labute approximate surface area is 155 Å². The van der Waals surface area contributed by atoms with Crippen molar-refractivity contribution in [2.75, 3.05) is 18.5 Å². The molecule has 1 amide bonds. The van der Waals surface area contributed by atoms with Crippen molar-refractivity contribution in [3.63, 3.8) is 0 Å². The number of ether oxygens (including phenoxy) is 1. The number of pyridine rings is 1. The molecule has 0 saturated carbocycles. The lowest BCUT2D eigenvalue weighted by Gasteiger charge is -2.30. The van der Waals surface area contributed by atoms with E-state index >= 15 is 0 Å². The number of rotatable bonds is 3. The van der Waals surface area contributed by atoms with Crippen LogP contribution in [0.3, 0.4) is 0 Å². The number of anilines is 1. The number of hydrogen-bond acceptors (Lipinski definition) is 5. The number of carbonyl (C=O) groups is 1. The number of aliphatic imine (C=N–C) groups is 1. The lowest BCUT2D eigenvalue weighted by atomic mass is 9.92. The third kappa shape index (κ3) is 3.68. The van der Waals surface area contributed by atoms with E-state index in [-0.39, 0.29) is 18.9 Å². The molecule has 8 heteroatoms. The van der Waals surface area contributed by atoms with Gasteiger partial charge in [0, 0.05) is 17.4 Å². The standard InChI is InChI=1S/C18H18ClFN4O2/c1-10-5-11(19)7-22-16(10)17(25)23-12-3-4-14(20)13(6-12)18(2)9-26-8-15(21)24-18/h3-7H,8-9H2,1-2H3,(H2,21,24)(H,23,25). The van der Waals surface area contributed by atoms with Crippen molar-refractivity contribution in [1.29, 1.82) is 0 Å². The normalized spacial score (nSPS) is 19.8. The van der Waals surface area contributed by atoms with Crippen LogP contribution in [0.1, 0.15) is 28.5 Å². The molecule has 1 aromatic carbocycles. The van der Waals surface area contributed by atoms with Crippen LogP contribution < -0.4 is 11.1 Å². The predicted molar refractivity (Wildman–Crippen MR) is 98.1 cm³/mol. The maximum atomic E-state index is 14.4. The summed E-state index contributed by atoms with van der Waals surface area (Å²) >= 11 is 5.86. The second-order valence-electron chi connectivity index (χ2n) is 6.34. The third-order valence-corrected chi connectivity index (χ3v) is 4.29. The smallest absolute Gasteiger partial charge is 0.274 e. The molecule has 1 aliphatic heterocycles. The second kappa shape index (κ2) is 7.01. The molecule has 2 aromatic rings. The van der Waals surface area contributed by atoms with Crippen LogP contribution >= 0.6 is 11.6 Å². The first kappa shape index (κ1) is 18.3. The van der Waals surface area contributed by atoms with Crippen molar-refractivity contribution in [2.45, 2.75) is 19.4 Å². The quantitative estimate of drug-likeness (QED) is 0.861. The van der Waals surface area contributed by atoms with Crippen molar-refractivity contribution in [3.05, 3.63) is 58.1 Å². The van der Waals surface area contributed by atoms with E-state index in [1.807, 2.05) is 0 Å². The Morgan fingerprint density at radius 2 is 2.19 bits per heavy atom. The van der Waals surface area contributed by atoms with E-state index in [0.717, 1.165) is 0 Å². The maximum Gasteiger partial charge on any atom is 0.274 e. The highest BCUT2D eigenvalue weighted by atomic mass is 35.5. The van der Waals surface area contributed by atoms with Gasteiger partial charge in [0.15, 0.2) is 0 Å². The first-order chi connectivity index (χ1) is 12.3. The van der Waals surface area contributed by atoms with Crippen LogP contribution in [-0.4, -0.2) is 29.9 Å². The highest BCUT2D eigenvalue weighted by molar-refractivity contribution is 6.30. The third-order valence-electron chi connectivity index (χ3n) is 4.09. The number of amidine groups is 1. The summed E-state index contributed by atoms with van der Waals surface area (Å²) in [6.45, 7) is 3.88. The first-order valence-electron chi connectivity index (χ1n) is 7.94. The average molecular weight is 377 g/mol. The first-order valence-corrected chi connectivity index (χ1v) is 8.32. The fraction of sp³-hybridized carbons (Fsp3) is 0.278. The number of aromatic nitrogens is 1. The molecule has 1 aromatic heterocycles. The van der Waals surface area contributed by atoms with Gasteiger partial charge < -0.3 is 15.8 Å². The number of nitrogens with zero attached hydrogens (tertiary/aromatic N) is 2. The van der Waals surface area contributed by atoms with Crippen LogP contribution in [0.5, 0.6) is 0 Å². The zero-order chi connectivity index (χ0) is 18.9. The van der Waals surface area contributed by atoms with Gasteiger partial charge in [0.25, 0.3) is 5.91 Å². The zero-order valence-corrected chi connectivity index (χ0v) is 15.1. The minimum absolute atomic E-state index is 0.194. The summed E-state index contributed by atoms with van der Waals surface area (Å²) in [6.07, 6.45) is 1.40. The summed E-state index contributed by atoms with van der Waals surface area (Å²) in [4.78, 5) is 20.9. The molecule has 0 spiro atoms. The van der Waals surface area contributed by atoms with Gasteiger partial charge in [-0.15, -0.1) is 0 Å². The molecule has 0 saturated heterocycles. The number of carbonyl (C=O) groups excluding carboxylic acids is 1. The zero-order valence-electron chi connectivity index (χ0n) is 14.3. The summed E-state index contributed by atoms with van der Waals surface area (Å²) in [7, 11) is 0. The van der Waals surface area contributed by atoms with E-state index < -0.39 is 17.3 Å². The van der Waals surface area contributed by atoms with E-state index in [0.29, 0.717) is 27.7 Å². The summed E-state index contributed by atoms with van der Waals surface area (Å²) in [6, 6.07) is 5.93. The molecule has 0 aliphatic carbocycles. The number of aryl methyl sites for hydroxylation is 1. The Morgan fingerprint density at radius 3 is 2.88 bits per heavy atom. The molecule has 2 heterocycles. The van der Waals surface area contributed by atoms with Gasteiger partial charge >= 0.3 is 0 Å². The highest BCUT2D eigenvalue weighted by Gasteiger charge is 2.33. The molecule has 0 fully saturated rings. The largest absolute Gasteiger partial charge is 0.386 e. The number of amides is 1. The lowest BCUT2D eigenvalue weighted by molar-refractivity contribution is 0.102. The number of halogens is 2. The van der Waals surface area contributed by atoms with E-state index in [9.17, 15) is 9.18 Å². The van der Waals surface area contributed by atoms with Crippen LogP contribution in [0.25, 0.3) is 0 Å². The van der Waals surface area contributed by atoms with Crippen LogP contribution in [0.15, 0.2) is 35.5 Å². The molecule has 3 N–H and O–H groups in total. The molecular formula is C18H18ClFN4O2. The molecule has 3 rings (SSSR count). The van der Waals surface area contributed by atoms with Crippen molar-refractivity contribution < 1.29 is 13.9 Å². The van der Waals surface area contributed by atoms with Gasteiger partial charge in [0.2, 0.25) is 0 Å². The molecule has 1 atom stereocenters. The minimum Gasteiger partial charge on any atom is -0.386 e. The number of nitrogens with two attached hydrogens (primary N) is 1. The van der Waals surface area contributed by atoms with Gasteiger partial charge in [0.05, 0.1) is 11.6 Å². The topological polar surface area (TPSA) is 89.6 Å². The monoisotopic (exact) mass is 376 g/mol. The van der Waals surface area contributed by atoms with Gasteiger partial charge in [-0.3, -0.25) is 9.79 Å². The van der Waals surface area contributed by atoms with Crippen molar-refractivity contribution in [1.82, 2.24) is 4.98 Å². The van der Waals surface area contributed by atoms with E-state index in [1.165, 1.54) is 24.4 Å². The van der Waals surface area contributed by atoms with E-state index in [1.54, 1.807) is 19.9 Å². The van der Waals surface area contributed by atoms with Gasteiger partial charge in [-0.05, 0) is 43.7 Å². The SMILES string of the molecule is Cc1cc(Cl)cnc1C(=O)Nc1ccc(F)c(C2(C)COCC(N)=N2)c1. The van der Waals surface area contributed by atoms with Crippen LogP contribution in [-0.2, 0) is 10.3 Å². The Balaban J connectivity index is 1.90. The van der Waals surface area contributed by atoms with Crippen LogP contribution in [0.4, 0.5) is 10.1 Å².